The second-order valence-corrected chi connectivity index (χ2v) is 7.24. The van der Waals surface area contributed by atoms with Crippen LogP contribution >= 0.6 is 11.3 Å². The molecule has 0 bridgehead atoms. The molecule has 1 aliphatic rings. The highest BCUT2D eigenvalue weighted by Crippen LogP contribution is 2.27. The zero-order valence-corrected chi connectivity index (χ0v) is 14.2. The van der Waals surface area contributed by atoms with Crippen LogP contribution in [0.3, 0.4) is 0 Å². The number of amides is 1. The molecule has 3 rings (SSSR count). The zero-order chi connectivity index (χ0) is 15.7. The van der Waals surface area contributed by atoms with E-state index in [1.807, 2.05) is 13.1 Å². The number of hydrogen-bond donors (Lipinski definition) is 1. The highest BCUT2D eigenvalue weighted by atomic mass is 32.1. The van der Waals surface area contributed by atoms with Gasteiger partial charge in [0.15, 0.2) is 0 Å². The van der Waals surface area contributed by atoms with Crippen LogP contribution in [0.15, 0.2) is 6.07 Å². The fraction of sp³-hybridized carbons (Fsp3) is 0.562. The summed E-state index contributed by atoms with van der Waals surface area (Å²) in [5, 5.41) is 8.49. The Morgan fingerprint density at radius 2 is 2.27 bits per heavy atom. The van der Waals surface area contributed by atoms with Crippen molar-refractivity contribution in [3.8, 4) is 0 Å². The van der Waals surface area contributed by atoms with Gasteiger partial charge in [-0.1, -0.05) is 13.8 Å². The highest BCUT2D eigenvalue weighted by Gasteiger charge is 2.17. The summed E-state index contributed by atoms with van der Waals surface area (Å²) in [6.07, 6.45) is 4.33. The molecule has 1 N–H and O–H groups in total. The summed E-state index contributed by atoms with van der Waals surface area (Å²) in [5.74, 6) is 0.261. The molecule has 0 unspecified atom stereocenters. The molecule has 0 spiro atoms. The Labute approximate surface area is 134 Å². The molecule has 0 fully saturated rings. The van der Waals surface area contributed by atoms with Crippen molar-refractivity contribution in [3.63, 3.8) is 0 Å². The summed E-state index contributed by atoms with van der Waals surface area (Å²) >= 11 is 1.80. The summed E-state index contributed by atoms with van der Waals surface area (Å²) in [7, 11) is 1.81. The van der Waals surface area contributed by atoms with Crippen molar-refractivity contribution in [1.29, 1.82) is 0 Å². The van der Waals surface area contributed by atoms with Crippen molar-refractivity contribution in [3.05, 3.63) is 33.0 Å². The van der Waals surface area contributed by atoms with Crippen molar-refractivity contribution in [2.24, 2.45) is 7.05 Å². The lowest BCUT2D eigenvalue weighted by Crippen LogP contribution is -2.27. The topological polar surface area (TPSA) is 59.8 Å². The van der Waals surface area contributed by atoms with E-state index in [0.717, 1.165) is 23.5 Å². The van der Waals surface area contributed by atoms with Gasteiger partial charge in [0.05, 0.1) is 16.4 Å². The van der Waals surface area contributed by atoms with Crippen LogP contribution in [0.1, 0.15) is 57.9 Å². The van der Waals surface area contributed by atoms with E-state index in [9.17, 15) is 4.79 Å². The van der Waals surface area contributed by atoms with Crippen molar-refractivity contribution in [2.45, 2.75) is 45.4 Å². The molecule has 0 radical (unpaired) electrons. The molecule has 22 heavy (non-hydrogen) atoms. The quantitative estimate of drug-likeness (QED) is 0.921. The van der Waals surface area contributed by atoms with Crippen LogP contribution in [0.4, 0.5) is 0 Å². The number of hydrogen-bond acceptors (Lipinski definition) is 4. The Morgan fingerprint density at radius 1 is 1.45 bits per heavy atom. The zero-order valence-electron chi connectivity index (χ0n) is 13.3. The minimum Gasteiger partial charge on any atom is -0.350 e. The first-order chi connectivity index (χ1) is 10.5. The predicted octanol–water partition coefficient (Wildman–Crippen LogP) is 2.46. The summed E-state index contributed by atoms with van der Waals surface area (Å²) in [4.78, 5) is 18.3. The van der Waals surface area contributed by atoms with E-state index in [0.29, 0.717) is 18.2 Å². The van der Waals surface area contributed by atoms with E-state index in [1.165, 1.54) is 23.4 Å². The molecule has 0 aromatic carbocycles. The van der Waals surface area contributed by atoms with Crippen LogP contribution in [0.25, 0.3) is 0 Å². The first-order valence-corrected chi connectivity index (χ1v) is 8.66. The van der Waals surface area contributed by atoms with Crippen molar-refractivity contribution in [1.82, 2.24) is 20.1 Å². The van der Waals surface area contributed by atoms with Crippen LogP contribution in [0.2, 0.25) is 0 Å². The molecule has 5 nitrogen and oxygen atoms in total. The normalized spacial score (nSPS) is 13.6. The van der Waals surface area contributed by atoms with E-state index < -0.39 is 0 Å². The van der Waals surface area contributed by atoms with Gasteiger partial charge in [0.25, 0.3) is 5.91 Å². The van der Waals surface area contributed by atoms with Gasteiger partial charge in [-0.2, -0.15) is 5.10 Å². The minimum atomic E-state index is -0.0639. The summed E-state index contributed by atoms with van der Waals surface area (Å²) < 4.78 is 1.66. The number of nitrogens with one attached hydrogen (secondary N) is 1. The Bertz CT molecular complexity index is 665. The molecule has 118 valence electrons. The predicted molar refractivity (Wildman–Crippen MR) is 87.5 cm³/mol. The third-order valence-electron chi connectivity index (χ3n) is 3.99. The fourth-order valence-electron chi connectivity index (χ4n) is 2.71. The summed E-state index contributed by atoms with van der Waals surface area (Å²) in [5.41, 5.74) is 2.84. The van der Waals surface area contributed by atoms with Gasteiger partial charge in [0, 0.05) is 24.9 Å². The van der Waals surface area contributed by atoms with E-state index in [4.69, 9.17) is 0 Å². The van der Waals surface area contributed by atoms with E-state index in [2.05, 4.69) is 29.2 Å². The van der Waals surface area contributed by atoms with E-state index in [-0.39, 0.29) is 5.91 Å². The Hall–Kier alpha value is -1.69. The average molecular weight is 318 g/mol. The Kier molecular flexibility index (Phi) is 4.29. The standard InChI is InChI=1S/C16H22N4OS/c1-10(2)12-9-13(20(3)19-12)16(21)17-8-7-15-18-11-5-4-6-14(11)22-15/h9-10H,4-8H2,1-3H3,(H,17,21). The highest BCUT2D eigenvalue weighted by molar-refractivity contribution is 7.11. The first kappa shape index (κ1) is 15.2. The van der Waals surface area contributed by atoms with Gasteiger partial charge in [0.2, 0.25) is 0 Å². The SMILES string of the molecule is CC(C)c1cc(C(=O)NCCc2nc3c(s2)CCC3)n(C)n1. The van der Waals surface area contributed by atoms with Gasteiger partial charge >= 0.3 is 0 Å². The molecule has 2 heterocycles. The lowest BCUT2D eigenvalue weighted by atomic mass is 10.1. The monoisotopic (exact) mass is 318 g/mol. The van der Waals surface area contributed by atoms with Crippen LogP contribution in [0.5, 0.6) is 0 Å². The number of aryl methyl sites for hydroxylation is 3. The van der Waals surface area contributed by atoms with Crippen LogP contribution in [-0.2, 0) is 26.3 Å². The smallest absolute Gasteiger partial charge is 0.269 e. The fourth-order valence-corrected chi connectivity index (χ4v) is 3.86. The molecule has 0 saturated heterocycles. The van der Waals surface area contributed by atoms with Gasteiger partial charge in [0.1, 0.15) is 5.69 Å². The van der Waals surface area contributed by atoms with E-state index in [1.54, 1.807) is 16.0 Å². The number of fused-ring (bicyclic) bond motifs is 1. The lowest BCUT2D eigenvalue weighted by molar-refractivity contribution is 0.0944. The van der Waals surface area contributed by atoms with Crippen LogP contribution < -0.4 is 5.32 Å². The van der Waals surface area contributed by atoms with Gasteiger partial charge in [-0.05, 0) is 31.2 Å². The van der Waals surface area contributed by atoms with Gasteiger partial charge in [-0.25, -0.2) is 4.98 Å². The number of carbonyl (C=O) groups excluding carboxylic acids is 1. The molecule has 2 aromatic heterocycles. The number of thiazole rings is 1. The summed E-state index contributed by atoms with van der Waals surface area (Å²) in [6, 6.07) is 1.87. The summed E-state index contributed by atoms with van der Waals surface area (Å²) in [6.45, 7) is 4.77. The molecular weight excluding hydrogens is 296 g/mol. The number of aromatic nitrogens is 3. The first-order valence-electron chi connectivity index (χ1n) is 7.84. The Balaban J connectivity index is 1.55. The lowest BCUT2D eigenvalue weighted by Gasteiger charge is -2.03. The second-order valence-electron chi connectivity index (χ2n) is 6.07. The van der Waals surface area contributed by atoms with Gasteiger partial charge in [-0.3, -0.25) is 9.48 Å². The number of rotatable bonds is 5. The van der Waals surface area contributed by atoms with Gasteiger partial charge in [-0.15, -0.1) is 11.3 Å². The minimum absolute atomic E-state index is 0.0639. The van der Waals surface area contributed by atoms with Crippen molar-refractivity contribution in [2.75, 3.05) is 6.54 Å². The molecule has 0 atom stereocenters. The number of carbonyl (C=O) groups is 1. The van der Waals surface area contributed by atoms with Crippen molar-refractivity contribution < 1.29 is 4.79 Å². The molecule has 0 aliphatic heterocycles. The second kappa shape index (κ2) is 6.20. The van der Waals surface area contributed by atoms with Crippen LogP contribution in [-0.4, -0.2) is 27.2 Å². The maximum Gasteiger partial charge on any atom is 0.269 e. The third kappa shape index (κ3) is 3.06. The molecule has 1 aliphatic carbocycles. The molecule has 6 heteroatoms. The Morgan fingerprint density at radius 3 is 2.95 bits per heavy atom. The van der Waals surface area contributed by atoms with E-state index >= 15 is 0 Å². The average Bonchev–Trinajstić information content (AvgIpc) is 3.12. The third-order valence-corrected chi connectivity index (χ3v) is 5.20. The van der Waals surface area contributed by atoms with Crippen molar-refractivity contribution >= 4 is 17.2 Å². The van der Waals surface area contributed by atoms with Gasteiger partial charge < -0.3 is 5.32 Å². The van der Waals surface area contributed by atoms with Crippen LogP contribution in [0, 0.1) is 0 Å². The molecule has 2 aromatic rings. The molecular formula is C16H22N4OS. The number of nitrogens with zero attached hydrogens (tertiary/aromatic N) is 3. The molecule has 0 saturated carbocycles. The molecule has 1 amide bonds. The maximum absolute atomic E-state index is 12.2. The largest absolute Gasteiger partial charge is 0.350 e. The maximum atomic E-state index is 12.2.